The molecule has 0 radical (unpaired) electrons. The normalized spacial score (nSPS) is 18.1. The first-order chi connectivity index (χ1) is 6.78. The van der Waals surface area contributed by atoms with Gasteiger partial charge in [0.15, 0.2) is 0 Å². The number of aromatic amines is 1. The van der Waals surface area contributed by atoms with E-state index < -0.39 is 0 Å². The Balaban J connectivity index is 1.87. The monoisotopic (exact) mass is 194 g/mol. The van der Waals surface area contributed by atoms with E-state index in [4.69, 9.17) is 5.11 Å². The molecule has 1 saturated heterocycles. The van der Waals surface area contributed by atoms with Crippen LogP contribution in [-0.4, -0.2) is 34.7 Å². The first-order valence-electron chi connectivity index (χ1n) is 4.79. The first-order valence-corrected chi connectivity index (χ1v) is 4.79. The number of nitrogens with zero attached hydrogens (tertiary/aromatic N) is 1. The van der Waals surface area contributed by atoms with Crippen LogP contribution in [0.1, 0.15) is 5.56 Å². The third-order valence-electron chi connectivity index (χ3n) is 2.55. The minimum atomic E-state index is -0.0643. The zero-order valence-corrected chi connectivity index (χ0v) is 7.94. The molecule has 4 heteroatoms. The predicted octanol–water partition coefficient (Wildman–Crippen LogP) is -0.201. The van der Waals surface area contributed by atoms with Gasteiger partial charge in [-0.3, -0.25) is 9.69 Å². The largest absolute Gasteiger partial charge is 0.396 e. The second kappa shape index (κ2) is 3.94. The molecule has 1 aliphatic heterocycles. The molecule has 0 aliphatic carbocycles. The molecule has 4 nitrogen and oxygen atoms in total. The summed E-state index contributed by atoms with van der Waals surface area (Å²) in [6.45, 7) is 3.04. The lowest BCUT2D eigenvalue weighted by atomic mass is 10.0. The standard InChI is InChI=1S/C10H14N2O2/c13-7-9-5-12(6-9)4-8-1-2-10(14)11-3-8/h1-3,9,13H,4-7H2,(H,11,14). The molecule has 0 bridgehead atoms. The number of hydrogen-bond donors (Lipinski definition) is 2. The SMILES string of the molecule is O=c1ccc(CN2CC(CO)C2)c[nH]1. The van der Waals surface area contributed by atoms with Crippen molar-refractivity contribution in [1.82, 2.24) is 9.88 Å². The van der Waals surface area contributed by atoms with Gasteiger partial charge in [0.25, 0.3) is 0 Å². The van der Waals surface area contributed by atoms with Crippen LogP contribution in [-0.2, 0) is 6.54 Å². The van der Waals surface area contributed by atoms with E-state index >= 15 is 0 Å². The van der Waals surface area contributed by atoms with Crippen molar-refractivity contribution in [2.45, 2.75) is 6.54 Å². The summed E-state index contributed by atoms with van der Waals surface area (Å²) in [5.74, 6) is 0.442. The number of nitrogens with one attached hydrogen (secondary N) is 1. The highest BCUT2D eigenvalue weighted by atomic mass is 16.3. The van der Waals surface area contributed by atoms with Gasteiger partial charge in [-0.2, -0.15) is 0 Å². The lowest BCUT2D eigenvalue weighted by Crippen LogP contribution is -2.47. The molecule has 0 saturated carbocycles. The van der Waals surface area contributed by atoms with Gasteiger partial charge in [0, 0.05) is 44.4 Å². The zero-order valence-electron chi connectivity index (χ0n) is 7.94. The molecule has 2 heterocycles. The van der Waals surface area contributed by atoms with Gasteiger partial charge in [-0.1, -0.05) is 6.07 Å². The smallest absolute Gasteiger partial charge is 0.247 e. The average molecular weight is 194 g/mol. The Morgan fingerprint density at radius 1 is 1.50 bits per heavy atom. The van der Waals surface area contributed by atoms with Crippen molar-refractivity contribution in [3.63, 3.8) is 0 Å². The summed E-state index contributed by atoms with van der Waals surface area (Å²) < 4.78 is 0. The molecule has 1 aromatic heterocycles. The van der Waals surface area contributed by atoms with E-state index in [1.54, 1.807) is 12.3 Å². The summed E-state index contributed by atoms with van der Waals surface area (Å²) in [4.78, 5) is 15.7. The Hall–Kier alpha value is -1.13. The fraction of sp³-hybridized carbons (Fsp3) is 0.500. The molecular weight excluding hydrogens is 180 g/mol. The highest BCUT2D eigenvalue weighted by Gasteiger charge is 2.25. The maximum Gasteiger partial charge on any atom is 0.247 e. The van der Waals surface area contributed by atoms with Crippen LogP contribution >= 0.6 is 0 Å². The van der Waals surface area contributed by atoms with Crippen molar-refractivity contribution in [1.29, 1.82) is 0 Å². The Kier molecular flexibility index (Phi) is 2.65. The van der Waals surface area contributed by atoms with Crippen LogP contribution in [0, 0.1) is 5.92 Å². The quantitative estimate of drug-likeness (QED) is 0.700. The summed E-state index contributed by atoms with van der Waals surface area (Å²) in [7, 11) is 0. The van der Waals surface area contributed by atoms with E-state index in [1.165, 1.54) is 0 Å². The number of pyridine rings is 1. The Morgan fingerprint density at radius 3 is 2.86 bits per heavy atom. The molecule has 76 valence electrons. The zero-order chi connectivity index (χ0) is 9.97. The van der Waals surface area contributed by atoms with Crippen LogP contribution in [0.3, 0.4) is 0 Å². The van der Waals surface area contributed by atoms with Crippen molar-refractivity contribution in [3.05, 3.63) is 34.2 Å². The maximum absolute atomic E-state index is 10.8. The number of H-pyrrole nitrogens is 1. The topological polar surface area (TPSA) is 56.3 Å². The van der Waals surface area contributed by atoms with Crippen LogP contribution in [0.2, 0.25) is 0 Å². The molecule has 1 fully saturated rings. The van der Waals surface area contributed by atoms with Crippen molar-refractivity contribution in [3.8, 4) is 0 Å². The molecule has 0 amide bonds. The molecule has 14 heavy (non-hydrogen) atoms. The van der Waals surface area contributed by atoms with Crippen LogP contribution < -0.4 is 5.56 Å². The molecule has 0 aromatic carbocycles. The number of rotatable bonds is 3. The Bertz CT molecular complexity index is 335. The van der Waals surface area contributed by atoms with Gasteiger partial charge in [-0.05, 0) is 5.56 Å². The third-order valence-corrected chi connectivity index (χ3v) is 2.55. The Morgan fingerprint density at radius 2 is 2.29 bits per heavy atom. The maximum atomic E-state index is 10.8. The van der Waals surface area contributed by atoms with Gasteiger partial charge in [-0.15, -0.1) is 0 Å². The average Bonchev–Trinajstić information content (AvgIpc) is 2.13. The minimum Gasteiger partial charge on any atom is -0.396 e. The minimum absolute atomic E-state index is 0.0643. The predicted molar refractivity (Wildman–Crippen MR) is 52.9 cm³/mol. The van der Waals surface area contributed by atoms with Gasteiger partial charge >= 0.3 is 0 Å². The van der Waals surface area contributed by atoms with Crippen molar-refractivity contribution in [2.75, 3.05) is 19.7 Å². The summed E-state index contributed by atoms with van der Waals surface area (Å²) >= 11 is 0. The van der Waals surface area contributed by atoms with E-state index in [9.17, 15) is 4.79 Å². The summed E-state index contributed by atoms with van der Waals surface area (Å²) in [6.07, 6.45) is 1.74. The molecule has 1 aliphatic rings. The van der Waals surface area contributed by atoms with Crippen molar-refractivity contribution < 1.29 is 5.11 Å². The second-order valence-electron chi connectivity index (χ2n) is 3.80. The molecule has 2 N–H and O–H groups in total. The Labute approximate surface area is 82.2 Å². The number of aromatic nitrogens is 1. The molecule has 2 rings (SSSR count). The van der Waals surface area contributed by atoms with Crippen molar-refractivity contribution >= 4 is 0 Å². The van der Waals surface area contributed by atoms with E-state index in [0.29, 0.717) is 5.92 Å². The van der Waals surface area contributed by atoms with Crippen LogP contribution in [0.5, 0.6) is 0 Å². The van der Waals surface area contributed by atoms with Crippen molar-refractivity contribution in [2.24, 2.45) is 5.92 Å². The van der Waals surface area contributed by atoms with E-state index in [-0.39, 0.29) is 12.2 Å². The van der Waals surface area contributed by atoms with Crippen LogP contribution in [0.25, 0.3) is 0 Å². The second-order valence-corrected chi connectivity index (χ2v) is 3.80. The molecule has 0 unspecified atom stereocenters. The molecule has 0 spiro atoms. The summed E-state index contributed by atoms with van der Waals surface area (Å²) in [5, 5.41) is 8.83. The summed E-state index contributed by atoms with van der Waals surface area (Å²) in [5.41, 5.74) is 1.05. The van der Waals surface area contributed by atoms with Crippen LogP contribution in [0.15, 0.2) is 23.1 Å². The van der Waals surface area contributed by atoms with Crippen LogP contribution in [0.4, 0.5) is 0 Å². The molecule has 0 atom stereocenters. The highest BCUT2D eigenvalue weighted by Crippen LogP contribution is 2.16. The number of aliphatic hydroxyl groups excluding tert-OH is 1. The van der Waals surface area contributed by atoms with Gasteiger partial charge < -0.3 is 10.1 Å². The lowest BCUT2D eigenvalue weighted by molar-refractivity contribution is 0.0478. The summed E-state index contributed by atoms with van der Waals surface area (Å²) in [6, 6.07) is 3.38. The van der Waals surface area contributed by atoms with E-state index in [1.807, 2.05) is 6.07 Å². The van der Waals surface area contributed by atoms with E-state index in [2.05, 4.69) is 9.88 Å². The van der Waals surface area contributed by atoms with Gasteiger partial charge in [0.05, 0.1) is 0 Å². The fourth-order valence-electron chi connectivity index (χ4n) is 1.72. The fourth-order valence-corrected chi connectivity index (χ4v) is 1.72. The number of hydrogen-bond acceptors (Lipinski definition) is 3. The third kappa shape index (κ3) is 2.02. The lowest BCUT2D eigenvalue weighted by Gasteiger charge is -2.38. The number of aliphatic hydroxyl groups is 1. The first kappa shape index (κ1) is 9.43. The number of likely N-dealkylation sites (tertiary alicyclic amines) is 1. The van der Waals surface area contributed by atoms with Gasteiger partial charge in [0.2, 0.25) is 5.56 Å². The molecular formula is C10H14N2O2. The van der Waals surface area contributed by atoms with E-state index in [0.717, 1.165) is 25.2 Å². The van der Waals surface area contributed by atoms with Gasteiger partial charge in [-0.25, -0.2) is 0 Å². The van der Waals surface area contributed by atoms with Gasteiger partial charge in [0.1, 0.15) is 0 Å². The molecule has 1 aromatic rings. The highest BCUT2D eigenvalue weighted by molar-refractivity contribution is 5.09.